The summed E-state index contributed by atoms with van der Waals surface area (Å²) >= 11 is 5.84. The van der Waals surface area contributed by atoms with Crippen molar-refractivity contribution in [1.82, 2.24) is 10.3 Å². The fourth-order valence-electron chi connectivity index (χ4n) is 1.65. The zero-order valence-electron chi connectivity index (χ0n) is 10.2. The molecule has 0 fully saturated rings. The van der Waals surface area contributed by atoms with Gasteiger partial charge in [-0.3, -0.25) is 9.78 Å². The van der Waals surface area contributed by atoms with E-state index in [4.69, 9.17) is 11.6 Å². The van der Waals surface area contributed by atoms with E-state index in [0.29, 0.717) is 0 Å². The van der Waals surface area contributed by atoms with Crippen LogP contribution in [0.1, 0.15) is 29.0 Å². The number of amides is 1. The van der Waals surface area contributed by atoms with E-state index in [9.17, 15) is 9.18 Å². The Kier molecular flexibility index (Phi) is 4.12. The lowest BCUT2D eigenvalue weighted by Crippen LogP contribution is -2.27. The van der Waals surface area contributed by atoms with Crippen LogP contribution in [0.3, 0.4) is 0 Å². The molecule has 1 heterocycles. The van der Waals surface area contributed by atoms with Crippen LogP contribution in [0, 0.1) is 5.82 Å². The van der Waals surface area contributed by atoms with E-state index in [1.54, 1.807) is 12.3 Å². The molecule has 19 heavy (non-hydrogen) atoms. The largest absolute Gasteiger partial charge is 0.344 e. The lowest BCUT2D eigenvalue weighted by Gasteiger charge is -2.13. The van der Waals surface area contributed by atoms with Crippen molar-refractivity contribution in [3.05, 3.63) is 64.7 Å². The number of nitrogens with one attached hydrogen (secondary N) is 1. The van der Waals surface area contributed by atoms with Gasteiger partial charge >= 0.3 is 0 Å². The summed E-state index contributed by atoms with van der Waals surface area (Å²) in [7, 11) is 0. The molecule has 98 valence electrons. The van der Waals surface area contributed by atoms with Crippen molar-refractivity contribution < 1.29 is 9.18 Å². The number of carbonyl (C=O) groups is 1. The minimum absolute atomic E-state index is 0.0886. The van der Waals surface area contributed by atoms with Crippen molar-refractivity contribution in [1.29, 1.82) is 0 Å². The number of nitrogens with zero attached hydrogens (tertiary/aromatic N) is 1. The second-order valence-corrected chi connectivity index (χ2v) is 4.48. The van der Waals surface area contributed by atoms with E-state index in [0.717, 1.165) is 11.8 Å². The molecule has 0 spiro atoms. The molecule has 3 nitrogen and oxygen atoms in total. The van der Waals surface area contributed by atoms with Crippen molar-refractivity contribution in [2.75, 3.05) is 0 Å². The minimum Gasteiger partial charge on any atom is -0.344 e. The minimum atomic E-state index is -0.473. The zero-order chi connectivity index (χ0) is 13.8. The first-order chi connectivity index (χ1) is 9.08. The lowest BCUT2D eigenvalue weighted by atomic mass is 10.1. The molecule has 0 aliphatic rings. The first-order valence-electron chi connectivity index (χ1n) is 5.75. The van der Waals surface area contributed by atoms with Crippen molar-refractivity contribution >= 4 is 17.5 Å². The monoisotopic (exact) mass is 278 g/mol. The summed E-state index contributed by atoms with van der Waals surface area (Å²) in [5.41, 5.74) is 0.986. The van der Waals surface area contributed by atoms with Gasteiger partial charge in [-0.2, -0.15) is 0 Å². The summed E-state index contributed by atoms with van der Waals surface area (Å²) in [6.07, 6.45) is 1.66. The second kappa shape index (κ2) is 5.80. The van der Waals surface area contributed by atoms with Crippen LogP contribution in [0.25, 0.3) is 0 Å². The Bertz CT molecular complexity index is 589. The van der Waals surface area contributed by atoms with Crippen molar-refractivity contribution in [3.63, 3.8) is 0 Å². The number of hydrogen-bond acceptors (Lipinski definition) is 2. The third-order valence-corrected chi connectivity index (χ3v) is 2.97. The van der Waals surface area contributed by atoms with E-state index in [2.05, 4.69) is 10.3 Å². The molecule has 1 aromatic heterocycles. The van der Waals surface area contributed by atoms with E-state index in [1.165, 1.54) is 12.1 Å². The molecular formula is C14H12ClFN2O. The van der Waals surface area contributed by atoms with Gasteiger partial charge < -0.3 is 5.32 Å². The predicted octanol–water partition coefficient (Wildman–Crippen LogP) is 3.37. The van der Waals surface area contributed by atoms with Crippen LogP contribution in [0.15, 0.2) is 42.6 Å². The Hall–Kier alpha value is -1.94. The molecule has 0 saturated heterocycles. The average molecular weight is 279 g/mol. The van der Waals surface area contributed by atoms with Crippen molar-refractivity contribution in [2.45, 2.75) is 13.0 Å². The van der Waals surface area contributed by atoms with Crippen LogP contribution in [0.4, 0.5) is 4.39 Å². The van der Waals surface area contributed by atoms with Gasteiger partial charge in [0.1, 0.15) is 5.82 Å². The fourth-order valence-corrected chi connectivity index (χ4v) is 1.91. The number of aromatic nitrogens is 1. The summed E-state index contributed by atoms with van der Waals surface area (Å²) in [6, 6.07) is 8.88. The molecule has 5 heteroatoms. The third kappa shape index (κ3) is 3.29. The molecule has 2 rings (SSSR count). The normalized spacial score (nSPS) is 11.9. The van der Waals surface area contributed by atoms with Gasteiger partial charge in [0, 0.05) is 6.20 Å². The molecule has 0 radical (unpaired) electrons. The van der Waals surface area contributed by atoms with Gasteiger partial charge in [0.05, 0.1) is 22.3 Å². The molecule has 1 unspecified atom stereocenters. The highest BCUT2D eigenvalue weighted by molar-refractivity contribution is 6.33. The number of hydrogen-bond donors (Lipinski definition) is 1. The van der Waals surface area contributed by atoms with Crippen molar-refractivity contribution in [2.24, 2.45) is 0 Å². The lowest BCUT2D eigenvalue weighted by molar-refractivity contribution is 0.0939. The first-order valence-corrected chi connectivity index (χ1v) is 6.12. The fraction of sp³-hybridized carbons (Fsp3) is 0.143. The SMILES string of the molecule is CC(NC(=O)c1ccc(F)cc1Cl)c1ccccn1. The van der Waals surface area contributed by atoms with E-state index in [1.807, 2.05) is 19.1 Å². The number of halogens is 2. The smallest absolute Gasteiger partial charge is 0.253 e. The van der Waals surface area contributed by atoms with Gasteiger partial charge in [0.15, 0.2) is 0 Å². The molecule has 1 atom stereocenters. The Morgan fingerprint density at radius 2 is 2.16 bits per heavy atom. The van der Waals surface area contributed by atoms with Gasteiger partial charge in [-0.15, -0.1) is 0 Å². The number of rotatable bonds is 3. The highest BCUT2D eigenvalue weighted by Gasteiger charge is 2.15. The summed E-state index contributed by atoms with van der Waals surface area (Å²) in [5, 5.41) is 2.85. The van der Waals surface area contributed by atoms with Gasteiger partial charge in [0.2, 0.25) is 0 Å². The maximum absolute atomic E-state index is 12.9. The van der Waals surface area contributed by atoms with E-state index < -0.39 is 5.82 Å². The topological polar surface area (TPSA) is 42.0 Å². The summed E-state index contributed by atoms with van der Waals surface area (Å²) < 4.78 is 12.9. The highest BCUT2D eigenvalue weighted by Crippen LogP contribution is 2.18. The first kappa shape index (κ1) is 13.5. The third-order valence-electron chi connectivity index (χ3n) is 2.65. The standard InChI is InChI=1S/C14H12ClFN2O/c1-9(13-4-2-3-7-17-13)18-14(19)11-6-5-10(16)8-12(11)15/h2-9H,1H3,(H,18,19). The average Bonchev–Trinajstić information content (AvgIpc) is 2.39. The quantitative estimate of drug-likeness (QED) is 0.935. The summed E-state index contributed by atoms with van der Waals surface area (Å²) in [6.45, 7) is 1.82. The Morgan fingerprint density at radius 1 is 1.37 bits per heavy atom. The molecule has 1 amide bonds. The van der Waals surface area contributed by atoms with Crippen LogP contribution in [0.2, 0.25) is 5.02 Å². The predicted molar refractivity (Wildman–Crippen MR) is 71.5 cm³/mol. The van der Waals surface area contributed by atoms with Gasteiger partial charge in [-0.25, -0.2) is 4.39 Å². The second-order valence-electron chi connectivity index (χ2n) is 4.07. The van der Waals surface area contributed by atoms with Crippen LogP contribution >= 0.6 is 11.6 Å². The Labute approximate surface area is 115 Å². The number of carbonyl (C=O) groups excluding carboxylic acids is 1. The van der Waals surface area contributed by atoms with Crippen LogP contribution in [-0.2, 0) is 0 Å². The van der Waals surface area contributed by atoms with Crippen molar-refractivity contribution in [3.8, 4) is 0 Å². The number of pyridine rings is 1. The molecule has 0 aliphatic heterocycles. The highest BCUT2D eigenvalue weighted by atomic mass is 35.5. The summed E-state index contributed by atoms with van der Waals surface area (Å²) in [5.74, 6) is -0.831. The molecule has 0 saturated carbocycles. The Balaban J connectivity index is 2.13. The van der Waals surface area contributed by atoms with Gasteiger partial charge in [-0.05, 0) is 37.3 Å². The van der Waals surface area contributed by atoms with Gasteiger partial charge in [0.25, 0.3) is 5.91 Å². The molecule has 1 aromatic carbocycles. The van der Waals surface area contributed by atoms with E-state index >= 15 is 0 Å². The van der Waals surface area contributed by atoms with Gasteiger partial charge in [-0.1, -0.05) is 17.7 Å². The summed E-state index contributed by atoms with van der Waals surface area (Å²) in [4.78, 5) is 16.2. The van der Waals surface area contributed by atoms with Crippen LogP contribution in [0.5, 0.6) is 0 Å². The molecule has 2 aromatic rings. The number of benzene rings is 1. The molecule has 0 bridgehead atoms. The van der Waals surface area contributed by atoms with Crippen LogP contribution in [-0.4, -0.2) is 10.9 Å². The van der Waals surface area contributed by atoms with Crippen LogP contribution < -0.4 is 5.32 Å². The molecule has 0 aliphatic carbocycles. The van der Waals surface area contributed by atoms with E-state index in [-0.39, 0.29) is 22.5 Å². The maximum Gasteiger partial charge on any atom is 0.253 e. The Morgan fingerprint density at radius 3 is 2.79 bits per heavy atom. The molecular weight excluding hydrogens is 267 g/mol. The zero-order valence-corrected chi connectivity index (χ0v) is 11.0. The molecule has 1 N–H and O–H groups in total. The maximum atomic E-state index is 12.9.